The number of ether oxygens (including phenoxy) is 2. The average Bonchev–Trinajstić information content (AvgIpc) is 2.51. The SMILES string of the molecule is CCOC(=O)C1CCCN(C(=NC)NCC(OC)C(C)(C)C)C1. The molecule has 0 aliphatic carbocycles. The summed E-state index contributed by atoms with van der Waals surface area (Å²) in [5.41, 5.74) is 0.0516. The van der Waals surface area contributed by atoms with Crippen LogP contribution < -0.4 is 5.32 Å². The lowest BCUT2D eigenvalue weighted by Crippen LogP contribution is -2.51. The molecule has 1 aliphatic rings. The topological polar surface area (TPSA) is 63.2 Å². The van der Waals surface area contributed by atoms with Gasteiger partial charge in [-0.15, -0.1) is 0 Å². The molecule has 0 amide bonds. The molecule has 1 saturated heterocycles. The molecule has 1 aliphatic heterocycles. The highest BCUT2D eigenvalue weighted by molar-refractivity contribution is 5.81. The molecule has 1 fully saturated rings. The number of carbonyl (C=O) groups excluding carboxylic acids is 1. The van der Waals surface area contributed by atoms with E-state index in [0.717, 1.165) is 25.3 Å². The Labute approximate surface area is 140 Å². The summed E-state index contributed by atoms with van der Waals surface area (Å²) in [6, 6.07) is 0. The van der Waals surface area contributed by atoms with Crippen molar-refractivity contribution in [3.05, 3.63) is 0 Å². The molecule has 1 N–H and O–H groups in total. The van der Waals surface area contributed by atoms with Gasteiger partial charge in [-0.05, 0) is 25.2 Å². The van der Waals surface area contributed by atoms with Gasteiger partial charge in [0, 0.05) is 33.8 Å². The van der Waals surface area contributed by atoms with E-state index >= 15 is 0 Å². The Morgan fingerprint density at radius 3 is 2.65 bits per heavy atom. The first-order valence-electron chi connectivity index (χ1n) is 8.48. The van der Waals surface area contributed by atoms with Crippen LogP contribution in [-0.4, -0.2) is 63.3 Å². The van der Waals surface area contributed by atoms with E-state index in [1.165, 1.54) is 0 Å². The lowest BCUT2D eigenvalue weighted by Gasteiger charge is -2.35. The minimum Gasteiger partial charge on any atom is -0.466 e. The molecule has 2 atom stereocenters. The van der Waals surface area contributed by atoms with Crippen molar-refractivity contribution in [2.75, 3.05) is 40.4 Å². The van der Waals surface area contributed by atoms with Crippen LogP contribution >= 0.6 is 0 Å². The van der Waals surface area contributed by atoms with Crippen molar-refractivity contribution in [2.24, 2.45) is 16.3 Å². The van der Waals surface area contributed by atoms with Crippen LogP contribution in [0.2, 0.25) is 0 Å². The van der Waals surface area contributed by atoms with E-state index in [9.17, 15) is 4.79 Å². The predicted octanol–water partition coefficient (Wildman–Crippen LogP) is 1.90. The van der Waals surface area contributed by atoms with Crippen molar-refractivity contribution in [3.63, 3.8) is 0 Å². The van der Waals surface area contributed by atoms with E-state index in [1.807, 2.05) is 6.92 Å². The molecule has 0 saturated carbocycles. The van der Waals surface area contributed by atoms with E-state index < -0.39 is 0 Å². The van der Waals surface area contributed by atoms with Crippen molar-refractivity contribution >= 4 is 11.9 Å². The summed E-state index contributed by atoms with van der Waals surface area (Å²) in [4.78, 5) is 18.5. The molecule has 6 nitrogen and oxygen atoms in total. The van der Waals surface area contributed by atoms with E-state index in [2.05, 4.69) is 36.0 Å². The summed E-state index contributed by atoms with van der Waals surface area (Å²) >= 11 is 0. The van der Waals surface area contributed by atoms with Crippen LogP contribution in [0.5, 0.6) is 0 Å². The van der Waals surface area contributed by atoms with Crippen molar-refractivity contribution in [1.82, 2.24) is 10.2 Å². The van der Waals surface area contributed by atoms with Crippen molar-refractivity contribution in [3.8, 4) is 0 Å². The fourth-order valence-electron chi connectivity index (χ4n) is 2.88. The molecular formula is C17H33N3O3. The number of nitrogens with zero attached hydrogens (tertiary/aromatic N) is 2. The van der Waals surface area contributed by atoms with E-state index in [4.69, 9.17) is 9.47 Å². The first-order valence-corrected chi connectivity index (χ1v) is 8.48. The van der Waals surface area contributed by atoms with Gasteiger partial charge < -0.3 is 19.7 Å². The molecule has 1 rings (SSSR count). The molecule has 6 heteroatoms. The second kappa shape index (κ2) is 9.11. The Morgan fingerprint density at radius 1 is 1.43 bits per heavy atom. The predicted molar refractivity (Wildman–Crippen MR) is 92.5 cm³/mol. The zero-order valence-electron chi connectivity index (χ0n) is 15.5. The number of nitrogens with one attached hydrogen (secondary N) is 1. The number of piperidine rings is 1. The highest BCUT2D eigenvalue weighted by Crippen LogP contribution is 2.21. The summed E-state index contributed by atoms with van der Waals surface area (Å²) in [6.45, 7) is 11.0. The fraction of sp³-hybridized carbons (Fsp3) is 0.882. The average molecular weight is 327 g/mol. The maximum Gasteiger partial charge on any atom is 0.310 e. The second-order valence-corrected chi connectivity index (χ2v) is 7.06. The summed E-state index contributed by atoms with van der Waals surface area (Å²) in [7, 11) is 3.51. The molecule has 2 unspecified atom stereocenters. The minimum atomic E-state index is -0.0999. The molecule has 0 aromatic heterocycles. The zero-order chi connectivity index (χ0) is 17.5. The number of rotatable bonds is 5. The lowest BCUT2D eigenvalue weighted by atomic mass is 9.89. The number of aliphatic imine (C=N–C) groups is 1. The Hall–Kier alpha value is -1.30. The first kappa shape index (κ1) is 19.7. The molecule has 0 radical (unpaired) electrons. The first-order chi connectivity index (χ1) is 10.8. The van der Waals surface area contributed by atoms with E-state index in [0.29, 0.717) is 19.7 Å². The van der Waals surface area contributed by atoms with Crippen molar-refractivity contribution < 1.29 is 14.3 Å². The highest BCUT2D eigenvalue weighted by Gasteiger charge is 2.29. The Kier molecular flexibility index (Phi) is 7.82. The second-order valence-electron chi connectivity index (χ2n) is 7.06. The number of hydrogen-bond acceptors (Lipinski definition) is 4. The van der Waals surface area contributed by atoms with Gasteiger partial charge in [0.05, 0.1) is 18.6 Å². The maximum absolute atomic E-state index is 12.0. The number of esters is 1. The van der Waals surface area contributed by atoms with Crippen LogP contribution in [0.15, 0.2) is 4.99 Å². The third kappa shape index (κ3) is 6.01. The molecule has 23 heavy (non-hydrogen) atoms. The van der Waals surface area contributed by atoms with Gasteiger partial charge in [0.25, 0.3) is 0 Å². The number of likely N-dealkylation sites (tertiary alicyclic amines) is 1. The quantitative estimate of drug-likeness (QED) is 0.475. The highest BCUT2D eigenvalue weighted by atomic mass is 16.5. The standard InChI is InChI=1S/C17H33N3O3/c1-7-23-15(21)13-9-8-10-20(12-13)16(18-5)19-11-14(22-6)17(2,3)4/h13-14H,7-12H2,1-6H3,(H,18,19). The molecule has 0 aromatic carbocycles. The Balaban J connectivity index is 2.62. The largest absolute Gasteiger partial charge is 0.466 e. The molecule has 134 valence electrons. The van der Waals surface area contributed by atoms with Gasteiger partial charge in [0.2, 0.25) is 0 Å². The molecular weight excluding hydrogens is 294 g/mol. The summed E-state index contributed by atoms with van der Waals surface area (Å²) in [5, 5.41) is 3.39. The minimum absolute atomic E-state index is 0.0516. The maximum atomic E-state index is 12.0. The van der Waals surface area contributed by atoms with Gasteiger partial charge in [-0.25, -0.2) is 0 Å². The molecule has 0 spiro atoms. The summed E-state index contributed by atoms with van der Waals surface area (Å²) < 4.78 is 10.7. The van der Waals surface area contributed by atoms with E-state index in [-0.39, 0.29) is 23.4 Å². The van der Waals surface area contributed by atoms with Crippen LogP contribution in [0.1, 0.15) is 40.5 Å². The molecule has 1 heterocycles. The number of hydrogen-bond donors (Lipinski definition) is 1. The Morgan fingerprint density at radius 2 is 2.13 bits per heavy atom. The molecule has 0 bridgehead atoms. The third-order valence-electron chi connectivity index (χ3n) is 4.25. The van der Waals surface area contributed by atoms with Crippen LogP contribution in [0.3, 0.4) is 0 Å². The van der Waals surface area contributed by atoms with Crippen LogP contribution in [0.4, 0.5) is 0 Å². The monoisotopic (exact) mass is 327 g/mol. The third-order valence-corrected chi connectivity index (χ3v) is 4.25. The Bertz CT molecular complexity index is 404. The van der Waals surface area contributed by atoms with Crippen molar-refractivity contribution in [2.45, 2.75) is 46.6 Å². The zero-order valence-corrected chi connectivity index (χ0v) is 15.5. The number of guanidine groups is 1. The fourth-order valence-corrected chi connectivity index (χ4v) is 2.88. The van der Waals surface area contributed by atoms with Gasteiger partial charge in [0.1, 0.15) is 0 Å². The van der Waals surface area contributed by atoms with Gasteiger partial charge in [-0.1, -0.05) is 20.8 Å². The molecule has 0 aromatic rings. The van der Waals surface area contributed by atoms with E-state index in [1.54, 1.807) is 14.2 Å². The van der Waals surface area contributed by atoms with Crippen molar-refractivity contribution in [1.29, 1.82) is 0 Å². The van der Waals surface area contributed by atoms with Gasteiger partial charge in [0.15, 0.2) is 5.96 Å². The van der Waals surface area contributed by atoms with Gasteiger partial charge in [-0.3, -0.25) is 9.79 Å². The number of carbonyl (C=O) groups is 1. The number of methoxy groups -OCH3 is 1. The van der Waals surface area contributed by atoms with Gasteiger partial charge >= 0.3 is 5.97 Å². The van der Waals surface area contributed by atoms with Crippen LogP contribution in [0.25, 0.3) is 0 Å². The smallest absolute Gasteiger partial charge is 0.310 e. The summed E-state index contributed by atoms with van der Waals surface area (Å²) in [6.07, 6.45) is 1.94. The van der Waals surface area contributed by atoms with Crippen LogP contribution in [-0.2, 0) is 14.3 Å². The normalized spacial score (nSPS) is 21.0. The van der Waals surface area contributed by atoms with Gasteiger partial charge in [-0.2, -0.15) is 0 Å². The summed E-state index contributed by atoms with van der Waals surface area (Å²) in [5.74, 6) is 0.658. The lowest BCUT2D eigenvalue weighted by molar-refractivity contribution is -0.149. The van der Waals surface area contributed by atoms with Crippen LogP contribution in [0, 0.1) is 11.3 Å².